The third kappa shape index (κ3) is 3.54. The number of hydrogen-bond donors (Lipinski definition) is 1. The lowest BCUT2D eigenvalue weighted by atomic mass is 10.1. The highest BCUT2D eigenvalue weighted by Gasteiger charge is 2.30. The first-order valence-electron chi connectivity index (χ1n) is 6.83. The van der Waals surface area contributed by atoms with E-state index in [2.05, 4.69) is 10.1 Å². The minimum atomic E-state index is -0.798. The van der Waals surface area contributed by atoms with Gasteiger partial charge in [0.05, 0.1) is 23.3 Å². The van der Waals surface area contributed by atoms with Gasteiger partial charge in [0, 0.05) is 25.0 Å². The molecule has 1 aliphatic rings. The number of nitrogens with zero attached hydrogens (tertiary/aromatic N) is 2. The Bertz CT molecular complexity index is 728. The van der Waals surface area contributed by atoms with Gasteiger partial charge in [-0.05, 0) is 6.07 Å². The lowest BCUT2D eigenvalue weighted by Crippen LogP contribution is -2.37. The summed E-state index contributed by atoms with van der Waals surface area (Å²) in [5.41, 5.74) is -0.568. The molecule has 0 spiro atoms. The van der Waals surface area contributed by atoms with Crippen LogP contribution >= 0.6 is 0 Å². The summed E-state index contributed by atoms with van der Waals surface area (Å²) >= 11 is 0. The summed E-state index contributed by atoms with van der Waals surface area (Å²) in [5.74, 6) is -2.50. The van der Waals surface area contributed by atoms with Gasteiger partial charge in [0.1, 0.15) is 6.54 Å². The number of non-ortho nitro benzene ring substituents is 1. The van der Waals surface area contributed by atoms with Gasteiger partial charge < -0.3 is 10.1 Å². The molecule has 0 bridgehead atoms. The van der Waals surface area contributed by atoms with Crippen molar-refractivity contribution in [3.05, 3.63) is 33.9 Å². The van der Waals surface area contributed by atoms with Crippen molar-refractivity contribution in [2.45, 2.75) is 12.8 Å². The fraction of sp³-hybridized carbons (Fsp3) is 0.286. The summed E-state index contributed by atoms with van der Waals surface area (Å²) < 4.78 is 4.55. The monoisotopic (exact) mass is 335 g/mol. The molecule has 24 heavy (non-hydrogen) atoms. The standard InChI is InChI=1S/C14H13N3O7/c1-24-14(21)9-3-2-8(17(22)23)6-10(9)15-11(18)7-16-12(19)4-5-13(16)20/h2-3,6H,4-5,7H2,1H3,(H,15,18). The number of nitro groups is 1. The number of benzene rings is 1. The molecule has 1 fully saturated rings. The number of ether oxygens (including phenoxy) is 1. The van der Waals surface area contributed by atoms with Crippen LogP contribution in [0.4, 0.5) is 11.4 Å². The Balaban J connectivity index is 2.23. The molecule has 1 heterocycles. The van der Waals surface area contributed by atoms with Gasteiger partial charge >= 0.3 is 5.97 Å². The zero-order chi connectivity index (χ0) is 17.9. The quantitative estimate of drug-likeness (QED) is 0.357. The molecule has 1 N–H and O–H groups in total. The smallest absolute Gasteiger partial charge is 0.339 e. The summed E-state index contributed by atoms with van der Waals surface area (Å²) in [6.45, 7) is -0.527. The molecule has 0 aliphatic carbocycles. The van der Waals surface area contributed by atoms with Crippen molar-refractivity contribution >= 4 is 35.1 Å². The summed E-state index contributed by atoms with van der Waals surface area (Å²) in [6, 6.07) is 3.24. The fourth-order valence-corrected chi connectivity index (χ4v) is 2.17. The number of hydrogen-bond acceptors (Lipinski definition) is 7. The molecule has 10 heteroatoms. The van der Waals surface area contributed by atoms with Crippen LogP contribution in [0.3, 0.4) is 0 Å². The maximum Gasteiger partial charge on any atom is 0.339 e. The Morgan fingerprint density at radius 2 is 1.92 bits per heavy atom. The highest BCUT2D eigenvalue weighted by Crippen LogP contribution is 2.23. The van der Waals surface area contributed by atoms with E-state index in [0.717, 1.165) is 30.2 Å². The van der Waals surface area contributed by atoms with E-state index in [1.54, 1.807) is 0 Å². The molecule has 0 radical (unpaired) electrons. The zero-order valence-corrected chi connectivity index (χ0v) is 12.6. The summed E-state index contributed by atoms with van der Waals surface area (Å²) in [5, 5.41) is 13.1. The molecule has 126 valence electrons. The van der Waals surface area contributed by atoms with Gasteiger partial charge in [-0.25, -0.2) is 4.79 Å². The van der Waals surface area contributed by atoms with Gasteiger partial charge in [-0.1, -0.05) is 0 Å². The lowest BCUT2D eigenvalue weighted by Gasteiger charge is -2.14. The molecule has 2 rings (SSSR count). The second-order valence-electron chi connectivity index (χ2n) is 4.90. The minimum Gasteiger partial charge on any atom is -0.465 e. The molecule has 0 aromatic heterocycles. The second kappa shape index (κ2) is 6.86. The van der Waals surface area contributed by atoms with Crippen LogP contribution in [0, 0.1) is 10.1 Å². The molecule has 3 amide bonds. The van der Waals surface area contributed by atoms with Crippen molar-refractivity contribution < 1.29 is 28.8 Å². The van der Waals surface area contributed by atoms with E-state index in [4.69, 9.17) is 0 Å². The first-order valence-corrected chi connectivity index (χ1v) is 6.83. The number of esters is 1. The third-order valence-corrected chi connectivity index (χ3v) is 3.35. The normalized spacial score (nSPS) is 13.8. The highest BCUT2D eigenvalue weighted by molar-refractivity contribution is 6.07. The average molecular weight is 335 g/mol. The lowest BCUT2D eigenvalue weighted by molar-refractivity contribution is -0.384. The minimum absolute atomic E-state index is 0.0380. The predicted octanol–water partition coefficient (Wildman–Crippen LogP) is 0.469. The first kappa shape index (κ1) is 17.1. The molecule has 0 unspecified atom stereocenters. The number of likely N-dealkylation sites (tertiary alicyclic amines) is 1. The van der Waals surface area contributed by atoms with E-state index in [-0.39, 0.29) is 29.8 Å². The van der Waals surface area contributed by atoms with Crippen molar-refractivity contribution in [3.63, 3.8) is 0 Å². The van der Waals surface area contributed by atoms with E-state index >= 15 is 0 Å². The van der Waals surface area contributed by atoms with Crippen LogP contribution in [0.5, 0.6) is 0 Å². The zero-order valence-electron chi connectivity index (χ0n) is 12.6. The number of nitro benzene ring substituents is 1. The van der Waals surface area contributed by atoms with Gasteiger partial charge in [0.2, 0.25) is 17.7 Å². The molecule has 0 atom stereocenters. The van der Waals surface area contributed by atoms with Crippen LogP contribution in [0.2, 0.25) is 0 Å². The first-order chi connectivity index (χ1) is 11.3. The van der Waals surface area contributed by atoms with Gasteiger partial charge in [-0.15, -0.1) is 0 Å². The Labute approximate surface area is 135 Å². The maximum absolute atomic E-state index is 12.0. The van der Waals surface area contributed by atoms with E-state index in [9.17, 15) is 29.3 Å². The Morgan fingerprint density at radius 3 is 2.46 bits per heavy atom. The Hall–Kier alpha value is -3.30. The molecule has 1 saturated heterocycles. The Morgan fingerprint density at radius 1 is 1.29 bits per heavy atom. The molecule has 1 aromatic rings. The van der Waals surface area contributed by atoms with Crippen molar-refractivity contribution in [1.29, 1.82) is 0 Å². The number of imide groups is 1. The van der Waals surface area contributed by atoms with Crippen LogP contribution < -0.4 is 5.32 Å². The van der Waals surface area contributed by atoms with Crippen molar-refractivity contribution in [2.24, 2.45) is 0 Å². The fourth-order valence-electron chi connectivity index (χ4n) is 2.17. The number of carbonyl (C=O) groups is 4. The van der Waals surface area contributed by atoms with E-state index < -0.39 is 35.2 Å². The van der Waals surface area contributed by atoms with E-state index in [1.807, 2.05) is 0 Å². The van der Waals surface area contributed by atoms with Gasteiger partial charge in [0.15, 0.2) is 0 Å². The molecule has 0 saturated carbocycles. The van der Waals surface area contributed by atoms with Crippen LogP contribution in [-0.2, 0) is 19.1 Å². The molecular weight excluding hydrogens is 322 g/mol. The summed E-state index contributed by atoms with van der Waals surface area (Å²) in [4.78, 5) is 57.6. The summed E-state index contributed by atoms with van der Waals surface area (Å²) in [6.07, 6.45) is 0.0761. The summed E-state index contributed by atoms with van der Waals surface area (Å²) in [7, 11) is 1.12. The van der Waals surface area contributed by atoms with E-state index in [1.165, 1.54) is 0 Å². The molecule has 1 aromatic carbocycles. The largest absolute Gasteiger partial charge is 0.465 e. The number of anilines is 1. The molecule has 10 nitrogen and oxygen atoms in total. The Kier molecular flexibility index (Phi) is 4.87. The highest BCUT2D eigenvalue weighted by atomic mass is 16.6. The van der Waals surface area contributed by atoms with Gasteiger partial charge in [-0.2, -0.15) is 0 Å². The second-order valence-corrected chi connectivity index (χ2v) is 4.90. The topological polar surface area (TPSA) is 136 Å². The van der Waals surface area contributed by atoms with Gasteiger partial charge in [-0.3, -0.25) is 29.4 Å². The maximum atomic E-state index is 12.0. The van der Waals surface area contributed by atoms with Gasteiger partial charge in [0.25, 0.3) is 5.69 Å². The van der Waals surface area contributed by atoms with Crippen molar-refractivity contribution in [1.82, 2.24) is 4.90 Å². The van der Waals surface area contributed by atoms with Crippen LogP contribution in [-0.4, -0.2) is 47.2 Å². The van der Waals surface area contributed by atoms with Crippen LogP contribution in [0.1, 0.15) is 23.2 Å². The number of methoxy groups -OCH3 is 1. The van der Waals surface area contributed by atoms with E-state index in [0.29, 0.717) is 0 Å². The number of carbonyl (C=O) groups excluding carboxylic acids is 4. The van der Waals surface area contributed by atoms with Crippen molar-refractivity contribution in [2.75, 3.05) is 19.0 Å². The SMILES string of the molecule is COC(=O)c1ccc([N+](=O)[O-])cc1NC(=O)CN1C(=O)CCC1=O. The number of amides is 3. The van der Waals surface area contributed by atoms with Crippen molar-refractivity contribution in [3.8, 4) is 0 Å². The van der Waals surface area contributed by atoms with Crippen LogP contribution in [0.15, 0.2) is 18.2 Å². The number of nitrogens with one attached hydrogen (secondary N) is 1. The number of rotatable bonds is 5. The average Bonchev–Trinajstić information content (AvgIpc) is 2.85. The van der Waals surface area contributed by atoms with Crippen LogP contribution in [0.25, 0.3) is 0 Å². The molecule has 1 aliphatic heterocycles. The molecular formula is C14H13N3O7. The predicted molar refractivity (Wildman–Crippen MR) is 79.0 cm³/mol. The third-order valence-electron chi connectivity index (χ3n) is 3.35.